The lowest BCUT2D eigenvalue weighted by Gasteiger charge is -2.03. The van der Waals surface area contributed by atoms with Crippen LogP contribution in [0.25, 0.3) is 0 Å². The first-order valence-electron chi connectivity index (χ1n) is 8.41. The van der Waals surface area contributed by atoms with Crippen LogP contribution in [0.5, 0.6) is 0 Å². The van der Waals surface area contributed by atoms with Crippen LogP contribution in [0.3, 0.4) is 0 Å². The predicted molar refractivity (Wildman–Crippen MR) is 95.3 cm³/mol. The minimum Gasteiger partial charge on any atom is -0.726 e. The number of carbonyl (C=O) groups is 1. The summed E-state index contributed by atoms with van der Waals surface area (Å²) in [5.74, 6) is -0.294. The van der Waals surface area contributed by atoms with Gasteiger partial charge in [0.1, 0.15) is 30.8 Å². The standard InChI is InChI=1S/2C7H13N2.C2HF3O2.H2O4S/c2*1-4-7-8(2)5-6-9(7)3;3-2(4,5)1(6)7;1-5(2,3)4/h2*5-6H,4H2,1-3H3;(H,6,7);(H2,1,2,3,4)/q2*+1;;/p-2. The summed E-state index contributed by atoms with van der Waals surface area (Å²) in [5, 5.41) is 8.78. The van der Waals surface area contributed by atoms with Crippen LogP contribution in [-0.2, 0) is 56.2 Å². The Hall–Kier alpha value is -2.45. The van der Waals surface area contributed by atoms with Crippen LogP contribution in [0.4, 0.5) is 13.2 Å². The Morgan fingerprint density at radius 3 is 1.33 bits per heavy atom. The molecule has 30 heavy (non-hydrogen) atoms. The van der Waals surface area contributed by atoms with Gasteiger partial charge in [-0.3, -0.25) is 4.55 Å². The second-order valence-corrected chi connectivity index (χ2v) is 6.65. The Balaban J connectivity index is 0. The van der Waals surface area contributed by atoms with Gasteiger partial charge in [-0.05, 0) is 0 Å². The Morgan fingerprint density at radius 2 is 1.27 bits per heavy atom. The molecule has 2 heterocycles. The molecule has 0 unspecified atom stereocenters. The van der Waals surface area contributed by atoms with Gasteiger partial charge < -0.3 is 14.5 Å². The number of carbonyl (C=O) groups excluding carboxylic acids is 1. The van der Waals surface area contributed by atoms with Crippen molar-refractivity contribution < 1.29 is 49.7 Å². The van der Waals surface area contributed by atoms with E-state index in [1.54, 1.807) is 0 Å². The van der Waals surface area contributed by atoms with E-state index in [0.717, 1.165) is 12.8 Å². The van der Waals surface area contributed by atoms with Gasteiger partial charge in [-0.1, -0.05) is 13.8 Å². The number of carboxylic acid groups (broad SMARTS) is 1. The molecule has 1 N–H and O–H groups in total. The fourth-order valence-electron chi connectivity index (χ4n) is 2.24. The molecule has 0 aliphatic carbocycles. The summed E-state index contributed by atoms with van der Waals surface area (Å²) < 4.78 is 72.9. The average Bonchev–Trinajstić information content (AvgIpc) is 3.07. The van der Waals surface area contributed by atoms with E-state index in [0.29, 0.717) is 0 Å². The molecule has 0 aliphatic rings. The highest BCUT2D eigenvalue weighted by atomic mass is 32.3. The Labute approximate surface area is 173 Å². The molecular formula is C16H27F3N4O6S. The number of rotatable bonds is 2. The number of hydrogen-bond donors (Lipinski definition) is 1. The lowest BCUT2D eigenvalue weighted by atomic mass is 10.4. The number of carboxylic acids is 1. The number of aromatic nitrogens is 4. The zero-order valence-corrected chi connectivity index (χ0v) is 18.4. The van der Waals surface area contributed by atoms with Gasteiger partial charge in [-0.15, -0.1) is 0 Å². The molecule has 0 fully saturated rings. The molecular weight excluding hydrogens is 433 g/mol. The summed E-state index contributed by atoms with van der Waals surface area (Å²) in [6.45, 7) is 4.32. The minimum atomic E-state index is -5.19. The lowest BCUT2D eigenvalue weighted by molar-refractivity contribution is -0.678. The minimum absolute atomic E-state index is 1.10. The summed E-state index contributed by atoms with van der Waals surface area (Å²) in [6.07, 6.45) is 5.27. The van der Waals surface area contributed by atoms with Crippen LogP contribution in [0.1, 0.15) is 25.5 Å². The normalized spacial score (nSPS) is 10.6. The third-order valence-corrected chi connectivity index (χ3v) is 3.52. The summed E-state index contributed by atoms with van der Waals surface area (Å²) in [6, 6.07) is 0. The first kappa shape index (κ1) is 29.7. The largest absolute Gasteiger partial charge is 0.726 e. The van der Waals surface area contributed by atoms with Crippen LogP contribution in [0.15, 0.2) is 24.8 Å². The number of aliphatic carboxylic acids is 1. The number of aryl methyl sites for hydroxylation is 4. The van der Waals surface area contributed by atoms with E-state index in [1.165, 1.54) is 11.6 Å². The number of nitrogens with zero attached hydrogens (tertiary/aromatic N) is 4. The molecule has 0 radical (unpaired) electrons. The summed E-state index contributed by atoms with van der Waals surface area (Å²) in [5.41, 5.74) is 0. The topological polar surface area (TPSA) is 135 Å². The third-order valence-electron chi connectivity index (χ3n) is 3.52. The molecule has 174 valence electrons. The van der Waals surface area contributed by atoms with E-state index in [2.05, 4.69) is 85.1 Å². The van der Waals surface area contributed by atoms with Gasteiger partial charge in [-0.2, -0.15) is 13.2 Å². The zero-order chi connectivity index (χ0) is 24.3. The van der Waals surface area contributed by atoms with Crippen LogP contribution in [0.2, 0.25) is 0 Å². The SMILES string of the molecule is CCc1n(C)cc[n+]1C.CCc1n(C)cc[n+]1C.O=C([O-])C(F)(F)F.O=S(=O)([O-])O. The predicted octanol–water partition coefficient (Wildman–Crippen LogP) is -0.873. The molecule has 0 atom stereocenters. The van der Waals surface area contributed by atoms with E-state index in [4.69, 9.17) is 27.4 Å². The quantitative estimate of drug-likeness (QED) is 0.352. The van der Waals surface area contributed by atoms with E-state index in [1.807, 2.05) is 0 Å². The second-order valence-electron chi connectivity index (χ2n) is 5.79. The summed E-state index contributed by atoms with van der Waals surface area (Å²) in [7, 11) is 3.36. The summed E-state index contributed by atoms with van der Waals surface area (Å²) >= 11 is 0. The van der Waals surface area contributed by atoms with Crippen LogP contribution < -0.4 is 14.2 Å². The second kappa shape index (κ2) is 13.0. The van der Waals surface area contributed by atoms with E-state index in [-0.39, 0.29) is 0 Å². The van der Waals surface area contributed by atoms with Gasteiger partial charge >= 0.3 is 6.18 Å². The molecule has 2 rings (SSSR count). The van der Waals surface area contributed by atoms with Gasteiger partial charge in [-0.25, -0.2) is 26.7 Å². The van der Waals surface area contributed by atoms with Crippen molar-refractivity contribution in [2.45, 2.75) is 32.9 Å². The van der Waals surface area contributed by atoms with Crippen molar-refractivity contribution >= 4 is 16.4 Å². The molecule has 10 nitrogen and oxygen atoms in total. The number of imidazole rings is 2. The maximum Gasteiger partial charge on any atom is 0.430 e. The van der Waals surface area contributed by atoms with Crippen LogP contribution >= 0.6 is 0 Å². The lowest BCUT2D eigenvalue weighted by Crippen LogP contribution is -2.37. The molecule has 14 heteroatoms. The van der Waals surface area contributed by atoms with Crippen LogP contribution in [-0.4, -0.2) is 38.8 Å². The van der Waals surface area contributed by atoms with E-state index in [9.17, 15) is 13.2 Å². The maximum absolute atomic E-state index is 10.5. The smallest absolute Gasteiger partial charge is 0.430 e. The molecule has 0 aliphatic heterocycles. The van der Waals surface area contributed by atoms with Crippen molar-refractivity contribution in [2.24, 2.45) is 28.2 Å². The first-order chi connectivity index (χ1) is 13.4. The molecule has 2 aromatic rings. The maximum atomic E-state index is 10.5. The molecule has 0 amide bonds. The van der Waals surface area contributed by atoms with Crippen LogP contribution in [0, 0.1) is 0 Å². The number of hydrogen-bond acceptors (Lipinski definition) is 5. The molecule has 0 aromatic carbocycles. The van der Waals surface area contributed by atoms with Gasteiger partial charge in [0, 0.05) is 12.8 Å². The Kier molecular flexibility index (Phi) is 12.9. The van der Waals surface area contributed by atoms with Crippen molar-refractivity contribution in [3.8, 4) is 0 Å². The van der Waals surface area contributed by atoms with Crippen molar-refractivity contribution in [1.29, 1.82) is 0 Å². The molecule has 2 aromatic heterocycles. The molecule has 0 saturated heterocycles. The van der Waals surface area contributed by atoms with E-state index < -0.39 is 22.5 Å². The zero-order valence-electron chi connectivity index (χ0n) is 17.5. The highest BCUT2D eigenvalue weighted by Gasteiger charge is 2.28. The first-order valence-corrected chi connectivity index (χ1v) is 9.78. The van der Waals surface area contributed by atoms with Gasteiger partial charge in [0.25, 0.3) is 11.6 Å². The average molecular weight is 460 g/mol. The fraction of sp³-hybridized carbons (Fsp3) is 0.562. The molecule has 0 spiro atoms. The van der Waals surface area contributed by atoms with Crippen molar-refractivity contribution in [1.82, 2.24) is 9.13 Å². The van der Waals surface area contributed by atoms with E-state index >= 15 is 0 Å². The van der Waals surface area contributed by atoms with Crippen molar-refractivity contribution in [2.75, 3.05) is 0 Å². The van der Waals surface area contributed by atoms with Gasteiger partial charge in [0.2, 0.25) is 10.4 Å². The highest BCUT2D eigenvalue weighted by Crippen LogP contribution is 2.11. The molecule has 0 saturated carbocycles. The Morgan fingerprint density at radius 1 is 1.03 bits per heavy atom. The number of halogens is 3. The highest BCUT2D eigenvalue weighted by molar-refractivity contribution is 7.79. The van der Waals surface area contributed by atoms with Gasteiger partial charge in [0.15, 0.2) is 0 Å². The summed E-state index contributed by atoms with van der Waals surface area (Å²) in [4.78, 5) is 8.78. The molecule has 0 bridgehead atoms. The van der Waals surface area contributed by atoms with Crippen molar-refractivity contribution in [3.63, 3.8) is 0 Å². The monoisotopic (exact) mass is 460 g/mol. The van der Waals surface area contributed by atoms with Crippen molar-refractivity contribution in [3.05, 3.63) is 36.4 Å². The number of alkyl halides is 3. The Bertz CT molecular complexity index is 798. The fourth-order valence-corrected chi connectivity index (χ4v) is 2.24. The third kappa shape index (κ3) is 13.7. The van der Waals surface area contributed by atoms with Gasteiger partial charge in [0.05, 0.1) is 28.2 Å².